The fourth-order valence-corrected chi connectivity index (χ4v) is 1.64. The Hall–Kier alpha value is -1.81. The molecule has 0 bridgehead atoms. The largest absolute Gasteiger partial charge is 0.425 e. The van der Waals surface area contributed by atoms with E-state index in [1.807, 2.05) is 0 Å². The van der Waals surface area contributed by atoms with Gasteiger partial charge in [0, 0.05) is 13.0 Å². The van der Waals surface area contributed by atoms with Crippen molar-refractivity contribution >= 4 is 17.6 Å². The van der Waals surface area contributed by atoms with E-state index in [-0.39, 0.29) is 22.3 Å². The van der Waals surface area contributed by atoms with Crippen molar-refractivity contribution in [3.8, 4) is 17.3 Å². The lowest BCUT2D eigenvalue weighted by atomic mass is 10.1. The normalized spacial score (nSPS) is 10.3. The lowest BCUT2D eigenvalue weighted by Crippen LogP contribution is -1.99. The number of carbonyl (C=O) groups is 1. The molecule has 0 amide bonds. The minimum Gasteiger partial charge on any atom is -0.425 e. The van der Waals surface area contributed by atoms with Crippen molar-refractivity contribution in [2.75, 3.05) is 0 Å². The van der Waals surface area contributed by atoms with Crippen LogP contribution in [-0.2, 0) is 4.79 Å². The Morgan fingerprint density at radius 1 is 1.35 bits per heavy atom. The first-order valence-electron chi connectivity index (χ1n) is 4.80. The number of carbonyl (C=O) groups excluding carboxylic acids is 1. The summed E-state index contributed by atoms with van der Waals surface area (Å²) in [6.45, 7) is 1.25. The van der Waals surface area contributed by atoms with Gasteiger partial charge in [0.25, 0.3) is 5.95 Å². The Labute approximate surface area is 102 Å². The molecule has 0 radical (unpaired) electrons. The van der Waals surface area contributed by atoms with E-state index in [2.05, 4.69) is 0 Å². The molecule has 0 saturated carbocycles. The molecule has 1 aromatic carbocycles. The molecular weight excluding hydrogens is 247 g/mol. The highest BCUT2D eigenvalue weighted by Crippen LogP contribution is 2.33. The highest BCUT2D eigenvalue weighted by molar-refractivity contribution is 6.33. The average molecular weight is 255 g/mol. The van der Waals surface area contributed by atoms with Gasteiger partial charge in [0.15, 0.2) is 0 Å². The van der Waals surface area contributed by atoms with Gasteiger partial charge >= 0.3 is 5.97 Å². The van der Waals surface area contributed by atoms with Gasteiger partial charge in [-0.3, -0.25) is 4.79 Å². The van der Waals surface area contributed by atoms with E-state index in [1.54, 1.807) is 6.07 Å². The first kappa shape index (κ1) is 11.7. The first-order chi connectivity index (χ1) is 8.08. The van der Waals surface area contributed by atoms with Crippen LogP contribution in [0.5, 0.6) is 5.95 Å². The summed E-state index contributed by atoms with van der Waals surface area (Å²) in [5, 5.41) is 0.230. The zero-order valence-corrected chi connectivity index (χ0v) is 9.62. The van der Waals surface area contributed by atoms with Crippen LogP contribution in [-0.4, -0.2) is 5.97 Å². The van der Waals surface area contributed by atoms with Gasteiger partial charge in [-0.25, -0.2) is 4.39 Å². The third-order valence-corrected chi connectivity index (χ3v) is 2.35. The molecule has 0 unspecified atom stereocenters. The summed E-state index contributed by atoms with van der Waals surface area (Å²) in [6.07, 6.45) is 0. The highest BCUT2D eigenvalue weighted by atomic mass is 35.5. The molecule has 0 saturated heterocycles. The van der Waals surface area contributed by atoms with Crippen LogP contribution in [0.4, 0.5) is 4.39 Å². The monoisotopic (exact) mass is 254 g/mol. The number of halogens is 2. The number of benzene rings is 1. The van der Waals surface area contributed by atoms with Crippen LogP contribution in [0.25, 0.3) is 11.3 Å². The van der Waals surface area contributed by atoms with Crippen molar-refractivity contribution in [1.29, 1.82) is 0 Å². The fraction of sp³-hybridized carbons (Fsp3) is 0.0833. The van der Waals surface area contributed by atoms with Crippen molar-refractivity contribution < 1.29 is 18.3 Å². The molecule has 5 heteroatoms. The summed E-state index contributed by atoms with van der Waals surface area (Å²) < 4.78 is 23.5. The van der Waals surface area contributed by atoms with Crippen LogP contribution >= 0.6 is 11.6 Å². The number of esters is 1. The van der Waals surface area contributed by atoms with E-state index in [0.29, 0.717) is 0 Å². The molecule has 1 heterocycles. The van der Waals surface area contributed by atoms with Gasteiger partial charge in [0.1, 0.15) is 11.6 Å². The van der Waals surface area contributed by atoms with Gasteiger partial charge in [-0.05, 0) is 18.2 Å². The molecule has 2 rings (SSSR count). The van der Waals surface area contributed by atoms with E-state index >= 15 is 0 Å². The minimum atomic E-state index is -0.509. The van der Waals surface area contributed by atoms with E-state index in [1.165, 1.54) is 31.2 Å². The molecule has 3 nitrogen and oxygen atoms in total. The third kappa shape index (κ3) is 2.47. The quantitative estimate of drug-likeness (QED) is 0.768. The zero-order valence-electron chi connectivity index (χ0n) is 8.87. The SMILES string of the molecule is CC(=O)Oc1ccc(-c2c(F)cccc2Cl)o1. The molecule has 0 N–H and O–H groups in total. The Morgan fingerprint density at radius 2 is 2.12 bits per heavy atom. The number of hydrogen-bond donors (Lipinski definition) is 0. The van der Waals surface area contributed by atoms with Crippen LogP contribution in [0, 0.1) is 5.82 Å². The van der Waals surface area contributed by atoms with Crippen molar-refractivity contribution in [3.05, 3.63) is 41.2 Å². The third-order valence-electron chi connectivity index (χ3n) is 2.03. The van der Waals surface area contributed by atoms with Crippen molar-refractivity contribution in [2.45, 2.75) is 6.92 Å². The lowest BCUT2D eigenvalue weighted by Gasteiger charge is -2.01. The standard InChI is InChI=1S/C12H8ClFO3/c1-7(15)16-11-6-5-10(17-11)12-8(13)3-2-4-9(12)14/h2-6H,1H3. The predicted octanol–water partition coefficient (Wildman–Crippen LogP) is 3.66. The van der Waals surface area contributed by atoms with Crippen LogP contribution in [0.2, 0.25) is 5.02 Å². The summed E-state index contributed by atoms with van der Waals surface area (Å²) in [5.41, 5.74) is 0.146. The Kier molecular flexibility index (Phi) is 3.15. The van der Waals surface area contributed by atoms with Gasteiger partial charge in [-0.1, -0.05) is 17.7 Å². The van der Waals surface area contributed by atoms with Gasteiger partial charge in [0.05, 0.1) is 10.6 Å². The average Bonchev–Trinajstić information content (AvgIpc) is 2.65. The first-order valence-corrected chi connectivity index (χ1v) is 5.18. The Bertz CT molecular complexity index is 542. The fourth-order valence-electron chi connectivity index (χ4n) is 1.38. The Morgan fingerprint density at radius 3 is 2.76 bits per heavy atom. The molecule has 0 fully saturated rings. The maximum atomic E-state index is 13.6. The van der Waals surface area contributed by atoms with E-state index in [4.69, 9.17) is 20.8 Å². The van der Waals surface area contributed by atoms with Crippen molar-refractivity contribution in [1.82, 2.24) is 0 Å². The molecule has 88 valence electrons. The van der Waals surface area contributed by atoms with E-state index in [0.717, 1.165) is 0 Å². The second-order valence-corrected chi connectivity index (χ2v) is 3.72. The molecule has 17 heavy (non-hydrogen) atoms. The Balaban J connectivity index is 2.40. The molecule has 1 aromatic heterocycles. The van der Waals surface area contributed by atoms with Gasteiger partial charge in [-0.15, -0.1) is 0 Å². The van der Waals surface area contributed by atoms with Crippen LogP contribution < -0.4 is 4.74 Å². The number of hydrogen-bond acceptors (Lipinski definition) is 3. The van der Waals surface area contributed by atoms with Gasteiger partial charge in [-0.2, -0.15) is 0 Å². The smallest absolute Gasteiger partial charge is 0.310 e. The summed E-state index contributed by atoms with van der Waals surface area (Å²) >= 11 is 5.87. The summed E-state index contributed by atoms with van der Waals surface area (Å²) in [6, 6.07) is 7.24. The molecule has 2 aromatic rings. The number of ether oxygens (including phenoxy) is 1. The molecule has 0 atom stereocenters. The molecule has 0 aliphatic rings. The van der Waals surface area contributed by atoms with Crippen LogP contribution in [0.1, 0.15) is 6.92 Å². The van der Waals surface area contributed by atoms with Crippen molar-refractivity contribution in [2.24, 2.45) is 0 Å². The van der Waals surface area contributed by atoms with Crippen LogP contribution in [0.3, 0.4) is 0 Å². The van der Waals surface area contributed by atoms with Gasteiger partial charge in [0.2, 0.25) is 0 Å². The lowest BCUT2D eigenvalue weighted by molar-refractivity contribution is -0.133. The summed E-state index contributed by atoms with van der Waals surface area (Å²) in [5.74, 6) is -0.789. The number of rotatable bonds is 2. The molecule has 0 aliphatic carbocycles. The summed E-state index contributed by atoms with van der Waals surface area (Å²) in [4.78, 5) is 10.7. The zero-order chi connectivity index (χ0) is 12.4. The predicted molar refractivity (Wildman–Crippen MR) is 60.4 cm³/mol. The van der Waals surface area contributed by atoms with Crippen LogP contribution in [0.15, 0.2) is 34.7 Å². The minimum absolute atomic E-state index is 0.00631. The highest BCUT2D eigenvalue weighted by Gasteiger charge is 2.14. The van der Waals surface area contributed by atoms with Crippen molar-refractivity contribution in [3.63, 3.8) is 0 Å². The second kappa shape index (κ2) is 4.59. The maximum Gasteiger partial charge on any atom is 0.310 e. The number of furan rings is 1. The summed E-state index contributed by atoms with van der Waals surface area (Å²) in [7, 11) is 0. The molecule has 0 aliphatic heterocycles. The topological polar surface area (TPSA) is 39.4 Å². The van der Waals surface area contributed by atoms with Gasteiger partial charge < -0.3 is 9.15 Å². The maximum absolute atomic E-state index is 13.6. The second-order valence-electron chi connectivity index (χ2n) is 3.31. The van der Waals surface area contributed by atoms with E-state index in [9.17, 15) is 9.18 Å². The molecular formula is C12H8ClFO3. The molecule has 0 spiro atoms. The van der Waals surface area contributed by atoms with E-state index < -0.39 is 11.8 Å².